The highest BCUT2D eigenvalue weighted by Gasteiger charge is 2.14. The van der Waals surface area contributed by atoms with Crippen LogP contribution in [-0.4, -0.2) is 13.4 Å². The van der Waals surface area contributed by atoms with Gasteiger partial charge in [-0.2, -0.15) is 5.26 Å². The topological polar surface area (TPSA) is 82.9 Å². The average Bonchev–Trinajstić information content (AvgIpc) is 2.61. The molecule has 2 aromatic carbocycles. The molecule has 1 aromatic heterocycles. The molecule has 0 bridgehead atoms. The number of aromatic nitrogens is 1. The molecule has 1 heterocycles. The lowest BCUT2D eigenvalue weighted by atomic mass is 10.0. The number of anilines is 1. The summed E-state index contributed by atoms with van der Waals surface area (Å²) in [5.74, 6) is 0. The summed E-state index contributed by atoms with van der Waals surface area (Å²) < 4.78 is 27.8. The minimum Gasteiger partial charge on any atom is -0.280 e. The van der Waals surface area contributed by atoms with Crippen molar-refractivity contribution in [3.05, 3.63) is 77.6 Å². The van der Waals surface area contributed by atoms with E-state index in [4.69, 9.17) is 5.26 Å². The molecule has 0 saturated heterocycles. The molecule has 0 aliphatic heterocycles. The van der Waals surface area contributed by atoms with Crippen molar-refractivity contribution in [3.63, 3.8) is 0 Å². The summed E-state index contributed by atoms with van der Waals surface area (Å²) in [5, 5.41) is 8.85. The van der Waals surface area contributed by atoms with E-state index in [1.807, 2.05) is 26.0 Å². The Bertz CT molecular complexity index is 1080. The summed E-state index contributed by atoms with van der Waals surface area (Å²) >= 11 is 0. The monoisotopic (exact) mass is 363 g/mol. The van der Waals surface area contributed by atoms with Gasteiger partial charge in [0.2, 0.25) is 0 Å². The highest BCUT2D eigenvalue weighted by Crippen LogP contribution is 2.26. The first-order valence-electron chi connectivity index (χ1n) is 7.95. The minimum absolute atomic E-state index is 0.214. The van der Waals surface area contributed by atoms with Crippen molar-refractivity contribution in [2.75, 3.05) is 4.72 Å². The molecule has 5 nitrogen and oxygen atoms in total. The fourth-order valence-electron chi connectivity index (χ4n) is 2.57. The first-order chi connectivity index (χ1) is 12.4. The third-order valence-corrected chi connectivity index (χ3v) is 5.27. The van der Waals surface area contributed by atoms with E-state index in [1.54, 1.807) is 54.7 Å². The van der Waals surface area contributed by atoms with E-state index in [0.29, 0.717) is 11.4 Å². The molecule has 6 heteroatoms. The number of nitriles is 1. The van der Waals surface area contributed by atoms with E-state index >= 15 is 0 Å². The van der Waals surface area contributed by atoms with Gasteiger partial charge in [-0.25, -0.2) is 13.4 Å². The Hall–Kier alpha value is -3.17. The lowest BCUT2D eigenvalue weighted by Crippen LogP contribution is -2.13. The molecule has 3 rings (SSSR count). The first-order valence-corrected chi connectivity index (χ1v) is 9.43. The van der Waals surface area contributed by atoms with Gasteiger partial charge in [-0.15, -0.1) is 0 Å². The van der Waals surface area contributed by atoms with E-state index in [0.717, 1.165) is 22.3 Å². The zero-order valence-corrected chi connectivity index (χ0v) is 15.2. The Kier molecular flexibility index (Phi) is 4.74. The van der Waals surface area contributed by atoms with E-state index in [1.165, 1.54) is 0 Å². The van der Waals surface area contributed by atoms with Gasteiger partial charge in [-0.05, 0) is 61.4 Å². The number of aryl methyl sites for hydroxylation is 2. The molecule has 0 amide bonds. The molecule has 0 saturated carbocycles. The van der Waals surface area contributed by atoms with Crippen molar-refractivity contribution < 1.29 is 8.42 Å². The van der Waals surface area contributed by atoms with Crippen LogP contribution in [0.3, 0.4) is 0 Å². The van der Waals surface area contributed by atoms with Crippen molar-refractivity contribution >= 4 is 15.7 Å². The van der Waals surface area contributed by atoms with E-state index < -0.39 is 10.0 Å². The van der Waals surface area contributed by atoms with Crippen LogP contribution in [0, 0.1) is 25.2 Å². The van der Waals surface area contributed by atoms with Crippen LogP contribution in [0.2, 0.25) is 0 Å². The van der Waals surface area contributed by atoms with Crippen LogP contribution < -0.4 is 4.72 Å². The smallest absolute Gasteiger partial charge is 0.261 e. The molecule has 0 aliphatic carbocycles. The molecule has 1 N–H and O–H groups in total. The molecule has 3 aromatic rings. The zero-order chi connectivity index (χ0) is 18.7. The van der Waals surface area contributed by atoms with E-state index in [-0.39, 0.29) is 4.90 Å². The number of sulfonamides is 1. The molecular formula is C20H17N3O2S. The number of pyridine rings is 1. The van der Waals surface area contributed by atoms with E-state index in [9.17, 15) is 8.42 Å². The highest BCUT2D eigenvalue weighted by atomic mass is 32.2. The van der Waals surface area contributed by atoms with E-state index in [2.05, 4.69) is 9.71 Å². The zero-order valence-electron chi connectivity index (χ0n) is 14.4. The molecule has 0 fully saturated rings. The first kappa shape index (κ1) is 17.6. The van der Waals surface area contributed by atoms with Crippen LogP contribution in [0.4, 0.5) is 5.69 Å². The minimum atomic E-state index is -3.67. The predicted molar refractivity (Wildman–Crippen MR) is 101 cm³/mol. The molecule has 26 heavy (non-hydrogen) atoms. The summed E-state index contributed by atoms with van der Waals surface area (Å²) in [5.41, 5.74) is 4.35. The molecule has 0 atom stereocenters. The molecular weight excluding hydrogens is 346 g/mol. The van der Waals surface area contributed by atoms with Gasteiger partial charge in [-0.1, -0.05) is 23.8 Å². The summed E-state index contributed by atoms with van der Waals surface area (Å²) in [4.78, 5) is 4.28. The number of benzene rings is 2. The molecule has 0 radical (unpaired) electrons. The Morgan fingerprint density at radius 3 is 2.27 bits per heavy atom. The number of hydrogen-bond donors (Lipinski definition) is 1. The number of rotatable bonds is 4. The number of nitrogens with zero attached hydrogens (tertiary/aromatic N) is 2. The lowest BCUT2D eigenvalue weighted by Gasteiger charge is -2.11. The normalized spacial score (nSPS) is 11.0. The molecule has 0 spiro atoms. The van der Waals surface area contributed by atoms with Gasteiger partial charge < -0.3 is 0 Å². The van der Waals surface area contributed by atoms with Gasteiger partial charge in [0.1, 0.15) is 11.8 Å². The SMILES string of the molecule is Cc1ccc(S(=O)(=O)Nc2cc(C)cc(-c3ccc(C#N)nc3)c2)cc1. The predicted octanol–water partition coefficient (Wildman–Crippen LogP) is 4.04. The largest absolute Gasteiger partial charge is 0.280 e. The Balaban J connectivity index is 1.94. The maximum absolute atomic E-state index is 12.6. The molecule has 0 aliphatic rings. The number of hydrogen-bond acceptors (Lipinski definition) is 4. The maximum atomic E-state index is 12.6. The third-order valence-electron chi connectivity index (χ3n) is 3.87. The molecule has 130 valence electrons. The fourth-order valence-corrected chi connectivity index (χ4v) is 3.61. The van der Waals surface area contributed by atoms with Crippen molar-refractivity contribution in [2.45, 2.75) is 18.7 Å². The van der Waals surface area contributed by atoms with Gasteiger partial charge in [0.25, 0.3) is 10.0 Å². The summed E-state index contributed by atoms with van der Waals surface area (Å²) in [6.45, 7) is 3.80. The Labute approximate surface area is 153 Å². The number of nitrogens with one attached hydrogen (secondary N) is 1. The van der Waals surface area contributed by atoms with Gasteiger partial charge in [-0.3, -0.25) is 4.72 Å². The van der Waals surface area contributed by atoms with Crippen LogP contribution in [-0.2, 0) is 10.0 Å². The molecule has 0 unspecified atom stereocenters. The van der Waals surface area contributed by atoms with Crippen LogP contribution in [0.5, 0.6) is 0 Å². The van der Waals surface area contributed by atoms with Gasteiger partial charge in [0, 0.05) is 17.4 Å². The second-order valence-electron chi connectivity index (χ2n) is 6.05. The Morgan fingerprint density at radius 2 is 1.65 bits per heavy atom. The highest BCUT2D eigenvalue weighted by molar-refractivity contribution is 7.92. The Morgan fingerprint density at radius 1 is 0.923 bits per heavy atom. The van der Waals surface area contributed by atoms with Crippen molar-refractivity contribution in [1.82, 2.24) is 4.98 Å². The third kappa shape index (κ3) is 3.90. The van der Waals surface area contributed by atoms with Crippen molar-refractivity contribution in [2.24, 2.45) is 0 Å². The summed E-state index contributed by atoms with van der Waals surface area (Å²) in [6.07, 6.45) is 1.60. The summed E-state index contributed by atoms with van der Waals surface area (Å²) in [6, 6.07) is 17.6. The average molecular weight is 363 g/mol. The van der Waals surface area contributed by atoms with Gasteiger partial charge >= 0.3 is 0 Å². The standard InChI is InChI=1S/C20H17N3O2S/c1-14-3-7-20(8-4-14)26(24,25)23-19-10-15(2)9-17(11-19)16-5-6-18(12-21)22-13-16/h3-11,13,23H,1-2H3. The van der Waals surface area contributed by atoms with Crippen LogP contribution in [0.25, 0.3) is 11.1 Å². The second kappa shape index (κ2) is 6.98. The quantitative estimate of drug-likeness (QED) is 0.758. The van der Waals surface area contributed by atoms with Crippen molar-refractivity contribution in [1.29, 1.82) is 5.26 Å². The van der Waals surface area contributed by atoms with Crippen LogP contribution >= 0.6 is 0 Å². The van der Waals surface area contributed by atoms with Crippen LogP contribution in [0.15, 0.2) is 65.7 Å². The van der Waals surface area contributed by atoms with Crippen LogP contribution in [0.1, 0.15) is 16.8 Å². The van der Waals surface area contributed by atoms with Crippen molar-refractivity contribution in [3.8, 4) is 17.2 Å². The maximum Gasteiger partial charge on any atom is 0.261 e. The van der Waals surface area contributed by atoms with Gasteiger partial charge in [0.15, 0.2) is 0 Å². The fraction of sp³-hybridized carbons (Fsp3) is 0.100. The summed E-state index contributed by atoms with van der Waals surface area (Å²) in [7, 11) is -3.67. The van der Waals surface area contributed by atoms with Gasteiger partial charge in [0.05, 0.1) is 4.90 Å². The second-order valence-corrected chi connectivity index (χ2v) is 7.73. The lowest BCUT2D eigenvalue weighted by molar-refractivity contribution is 0.601.